The van der Waals surface area contributed by atoms with Crippen molar-refractivity contribution < 1.29 is 4.79 Å². The van der Waals surface area contributed by atoms with Crippen molar-refractivity contribution in [2.75, 3.05) is 11.5 Å². The maximum atomic E-state index is 12.6. The van der Waals surface area contributed by atoms with E-state index in [0.29, 0.717) is 11.0 Å². The van der Waals surface area contributed by atoms with Crippen molar-refractivity contribution in [3.63, 3.8) is 0 Å². The first-order valence-electron chi connectivity index (χ1n) is 7.84. The normalized spacial score (nSPS) is 10.9. The predicted octanol–water partition coefficient (Wildman–Crippen LogP) is -0.168. The van der Waals surface area contributed by atoms with Crippen LogP contribution in [0.3, 0.4) is 0 Å². The van der Waals surface area contributed by atoms with Gasteiger partial charge in [0.25, 0.3) is 5.56 Å². The number of Topliss-reactive ketones (excluding diaryl/α,β-unsaturated/α-hetero) is 1. The number of aromatic nitrogens is 6. The number of hydrogen-bond donors (Lipinski definition) is 1. The number of carbonyl (C=O) groups excluding carboxylic acids is 1. The molecule has 10 nitrogen and oxygen atoms in total. The van der Waals surface area contributed by atoms with Crippen LogP contribution in [0, 0.1) is 0 Å². The minimum Gasteiger partial charge on any atom is -0.384 e. The Morgan fingerprint density at radius 3 is 2.41 bits per heavy atom. The first-order chi connectivity index (χ1) is 12.8. The molecule has 3 rings (SSSR count). The van der Waals surface area contributed by atoms with Crippen LogP contribution in [0.15, 0.2) is 39.3 Å². The summed E-state index contributed by atoms with van der Waals surface area (Å²) in [5.41, 5.74) is 5.15. The maximum Gasteiger partial charge on any atom is 0.332 e. The lowest BCUT2D eigenvalue weighted by Gasteiger charge is -2.10. The molecule has 0 saturated carbocycles. The summed E-state index contributed by atoms with van der Waals surface area (Å²) in [7, 11) is 4.49. The van der Waals surface area contributed by atoms with Crippen LogP contribution in [0.25, 0.3) is 11.4 Å². The number of ketones is 1. The number of carbonyl (C=O) groups is 1. The van der Waals surface area contributed by atoms with Crippen molar-refractivity contribution in [3.8, 4) is 11.4 Å². The average molecular weight is 387 g/mol. The summed E-state index contributed by atoms with van der Waals surface area (Å²) < 4.78 is 3.68. The molecule has 3 aromatic heterocycles. The largest absolute Gasteiger partial charge is 0.384 e. The molecule has 0 fully saturated rings. The Morgan fingerprint density at radius 1 is 1.07 bits per heavy atom. The zero-order valence-electron chi connectivity index (χ0n) is 14.9. The quantitative estimate of drug-likeness (QED) is 0.472. The molecule has 0 aliphatic rings. The highest BCUT2D eigenvalue weighted by Gasteiger charge is 2.21. The van der Waals surface area contributed by atoms with E-state index < -0.39 is 17.0 Å². The Balaban J connectivity index is 1.85. The van der Waals surface area contributed by atoms with Crippen LogP contribution in [0.2, 0.25) is 0 Å². The predicted molar refractivity (Wildman–Crippen MR) is 101 cm³/mol. The molecule has 0 unspecified atom stereocenters. The van der Waals surface area contributed by atoms with E-state index in [0.717, 1.165) is 26.5 Å². The van der Waals surface area contributed by atoms with E-state index in [2.05, 4.69) is 15.2 Å². The summed E-state index contributed by atoms with van der Waals surface area (Å²) in [4.78, 5) is 40.7. The van der Waals surface area contributed by atoms with E-state index in [1.54, 1.807) is 36.1 Å². The van der Waals surface area contributed by atoms with Crippen molar-refractivity contribution in [1.82, 2.24) is 28.9 Å². The molecule has 0 aromatic carbocycles. The number of pyridine rings is 1. The molecule has 0 bridgehead atoms. The Hall–Kier alpha value is -3.21. The Labute approximate surface area is 157 Å². The van der Waals surface area contributed by atoms with Crippen LogP contribution < -0.4 is 17.0 Å². The van der Waals surface area contributed by atoms with Gasteiger partial charge < -0.3 is 10.3 Å². The van der Waals surface area contributed by atoms with Gasteiger partial charge in [0.15, 0.2) is 16.8 Å². The summed E-state index contributed by atoms with van der Waals surface area (Å²) in [6, 6.07) is 3.61. The van der Waals surface area contributed by atoms with Gasteiger partial charge in [0, 0.05) is 39.1 Å². The Kier molecular flexibility index (Phi) is 4.95. The summed E-state index contributed by atoms with van der Waals surface area (Å²) in [5.74, 6) is -0.0730. The summed E-state index contributed by atoms with van der Waals surface area (Å²) in [6.45, 7) is 0. The van der Waals surface area contributed by atoms with Crippen molar-refractivity contribution in [2.24, 2.45) is 21.1 Å². The number of nitrogens with two attached hydrogens (primary N) is 1. The second-order valence-electron chi connectivity index (χ2n) is 5.78. The Morgan fingerprint density at radius 2 is 1.74 bits per heavy atom. The maximum absolute atomic E-state index is 12.6. The van der Waals surface area contributed by atoms with Gasteiger partial charge >= 0.3 is 5.69 Å². The molecule has 11 heteroatoms. The molecule has 2 N–H and O–H groups in total. The van der Waals surface area contributed by atoms with Gasteiger partial charge in [-0.3, -0.25) is 23.7 Å². The zero-order chi connectivity index (χ0) is 19.7. The van der Waals surface area contributed by atoms with Crippen molar-refractivity contribution in [3.05, 3.63) is 50.9 Å². The van der Waals surface area contributed by atoms with Gasteiger partial charge in [0.05, 0.1) is 5.75 Å². The zero-order valence-corrected chi connectivity index (χ0v) is 15.7. The smallest absolute Gasteiger partial charge is 0.332 e. The van der Waals surface area contributed by atoms with Crippen LogP contribution in [0.5, 0.6) is 0 Å². The van der Waals surface area contributed by atoms with E-state index in [-0.39, 0.29) is 17.1 Å². The van der Waals surface area contributed by atoms with Crippen LogP contribution in [-0.2, 0) is 21.1 Å². The first kappa shape index (κ1) is 18.6. The highest BCUT2D eigenvalue weighted by molar-refractivity contribution is 7.99. The fourth-order valence-electron chi connectivity index (χ4n) is 2.52. The van der Waals surface area contributed by atoms with Crippen LogP contribution >= 0.6 is 11.8 Å². The highest BCUT2D eigenvalue weighted by atomic mass is 32.2. The third-order valence-corrected chi connectivity index (χ3v) is 5.11. The second kappa shape index (κ2) is 7.19. The van der Waals surface area contributed by atoms with Gasteiger partial charge in [0.2, 0.25) is 0 Å². The van der Waals surface area contributed by atoms with E-state index >= 15 is 0 Å². The molecule has 0 saturated heterocycles. The monoisotopic (exact) mass is 387 g/mol. The lowest BCUT2D eigenvalue weighted by atomic mass is 10.2. The SMILES string of the molecule is Cn1c(SCC(=O)c2c(N)n(C)c(=O)n(C)c2=O)nnc1-c1ccncc1. The lowest BCUT2D eigenvalue weighted by molar-refractivity contribution is 0.102. The number of nitrogen functional groups attached to an aromatic ring is 1. The van der Waals surface area contributed by atoms with Gasteiger partial charge in [-0.1, -0.05) is 11.8 Å². The van der Waals surface area contributed by atoms with Crippen LogP contribution in [0.4, 0.5) is 5.82 Å². The first-order valence-corrected chi connectivity index (χ1v) is 8.82. The fourth-order valence-corrected chi connectivity index (χ4v) is 3.30. The van der Waals surface area contributed by atoms with Crippen LogP contribution in [0.1, 0.15) is 10.4 Å². The number of thioether (sulfide) groups is 1. The van der Waals surface area contributed by atoms with E-state index in [9.17, 15) is 14.4 Å². The molecule has 0 aliphatic carbocycles. The van der Waals surface area contributed by atoms with Gasteiger partial charge in [-0.05, 0) is 12.1 Å². The molecule has 0 spiro atoms. The third-order valence-electron chi connectivity index (χ3n) is 4.09. The standard InChI is InChI=1S/C16H17N7O3S/c1-21-12(17)11(14(25)23(3)16(21)26)10(24)8-27-15-20-19-13(22(15)2)9-4-6-18-7-5-9/h4-7H,8,17H2,1-3H3. The minimum atomic E-state index is -0.711. The van der Waals surface area contributed by atoms with Gasteiger partial charge in [-0.15, -0.1) is 10.2 Å². The average Bonchev–Trinajstić information content (AvgIpc) is 3.04. The number of rotatable bonds is 5. The number of anilines is 1. The minimum absolute atomic E-state index is 0.0695. The van der Waals surface area contributed by atoms with E-state index in [1.807, 2.05) is 0 Å². The van der Waals surface area contributed by atoms with E-state index in [1.165, 1.54) is 14.1 Å². The van der Waals surface area contributed by atoms with Gasteiger partial charge in [0.1, 0.15) is 11.4 Å². The summed E-state index contributed by atoms with van der Waals surface area (Å²) in [6.07, 6.45) is 3.30. The molecule has 0 radical (unpaired) electrons. The molecular weight excluding hydrogens is 370 g/mol. The van der Waals surface area contributed by atoms with Crippen LogP contribution in [-0.4, -0.2) is 40.4 Å². The highest BCUT2D eigenvalue weighted by Crippen LogP contribution is 2.22. The molecule has 0 atom stereocenters. The molecule has 3 heterocycles. The summed E-state index contributed by atoms with van der Waals surface area (Å²) >= 11 is 1.13. The third kappa shape index (κ3) is 3.28. The molecule has 0 amide bonds. The van der Waals surface area contributed by atoms with Gasteiger partial charge in [-0.2, -0.15) is 0 Å². The van der Waals surface area contributed by atoms with E-state index in [4.69, 9.17) is 5.73 Å². The van der Waals surface area contributed by atoms with Crippen molar-refractivity contribution in [1.29, 1.82) is 0 Å². The second-order valence-corrected chi connectivity index (χ2v) is 6.72. The molecular formula is C16H17N7O3S. The van der Waals surface area contributed by atoms with Crippen molar-refractivity contribution in [2.45, 2.75) is 5.16 Å². The summed E-state index contributed by atoms with van der Waals surface area (Å²) in [5, 5.41) is 8.72. The number of hydrogen-bond acceptors (Lipinski definition) is 8. The number of nitrogens with zero attached hydrogens (tertiary/aromatic N) is 6. The fraction of sp³-hybridized carbons (Fsp3) is 0.250. The lowest BCUT2D eigenvalue weighted by Crippen LogP contribution is -2.41. The van der Waals surface area contributed by atoms with Gasteiger partial charge in [-0.25, -0.2) is 4.79 Å². The Bertz CT molecular complexity index is 1130. The molecule has 27 heavy (non-hydrogen) atoms. The molecule has 0 aliphatic heterocycles. The molecule has 3 aromatic rings. The van der Waals surface area contributed by atoms with Crippen molar-refractivity contribution >= 4 is 23.4 Å². The molecule has 140 valence electrons. The topological polar surface area (TPSA) is 131 Å².